The van der Waals surface area contributed by atoms with E-state index in [1.54, 1.807) is 6.26 Å². The lowest BCUT2D eigenvalue weighted by Crippen LogP contribution is -1.96. The Bertz CT molecular complexity index is 736. The van der Waals surface area contributed by atoms with Crippen LogP contribution in [0.4, 0.5) is 0 Å². The molecular weight excluding hydrogens is 318 g/mol. The smallest absolute Gasteiger partial charge is 0.146 e. The molecule has 0 saturated carbocycles. The van der Waals surface area contributed by atoms with Crippen LogP contribution in [0.25, 0.3) is 10.8 Å². The van der Waals surface area contributed by atoms with Crippen LogP contribution in [0.2, 0.25) is 0 Å². The zero-order chi connectivity index (χ0) is 13.9. The van der Waals surface area contributed by atoms with Crippen LogP contribution >= 0.6 is 15.9 Å². The number of furan rings is 1. The highest BCUT2D eigenvalue weighted by Gasteiger charge is 2.07. The van der Waals surface area contributed by atoms with Gasteiger partial charge in [-0.3, -0.25) is 0 Å². The van der Waals surface area contributed by atoms with Crippen molar-refractivity contribution in [1.29, 1.82) is 0 Å². The number of nitrogens with two attached hydrogens (primary N) is 1. The van der Waals surface area contributed by atoms with Crippen LogP contribution in [0, 0.1) is 0 Å². The van der Waals surface area contributed by atoms with Gasteiger partial charge in [0.05, 0.1) is 10.7 Å². The third kappa shape index (κ3) is 2.57. The molecule has 102 valence electrons. The van der Waals surface area contributed by atoms with Crippen molar-refractivity contribution in [2.24, 2.45) is 5.73 Å². The van der Waals surface area contributed by atoms with E-state index in [2.05, 4.69) is 28.1 Å². The third-order valence-corrected chi connectivity index (χ3v) is 3.96. The van der Waals surface area contributed by atoms with E-state index in [0.717, 1.165) is 26.9 Å². The standard InChI is InChI=1S/C16H14BrNO2/c17-16-14-4-2-1-3-12(14)5-6-15(16)20-10-13-7-11(8-18)9-19-13/h1-7,9H,8,10,18H2. The molecule has 0 atom stereocenters. The molecule has 0 unspecified atom stereocenters. The second-order valence-electron chi connectivity index (χ2n) is 4.51. The molecule has 0 aliphatic rings. The summed E-state index contributed by atoms with van der Waals surface area (Å²) in [7, 11) is 0. The number of halogens is 1. The molecule has 0 fully saturated rings. The molecule has 4 heteroatoms. The Hall–Kier alpha value is -1.78. The van der Waals surface area contributed by atoms with Gasteiger partial charge in [-0.15, -0.1) is 0 Å². The summed E-state index contributed by atoms with van der Waals surface area (Å²) in [6, 6.07) is 14.1. The highest BCUT2D eigenvalue weighted by Crippen LogP contribution is 2.33. The number of benzene rings is 2. The Labute approximate surface area is 125 Å². The maximum Gasteiger partial charge on any atom is 0.146 e. The summed E-state index contributed by atoms with van der Waals surface area (Å²) < 4.78 is 12.2. The van der Waals surface area contributed by atoms with Crippen LogP contribution in [0.5, 0.6) is 5.75 Å². The van der Waals surface area contributed by atoms with Gasteiger partial charge in [0.2, 0.25) is 0 Å². The van der Waals surface area contributed by atoms with Crippen LogP contribution in [-0.2, 0) is 13.2 Å². The zero-order valence-corrected chi connectivity index (χ0v) is 12.4. The minimum Gasteiger partial charge on any atom is -0.484 e. The van der Waals surface area contributed by atoms with E-state index >= 15 is 0 Å². The predicted octanol–water partition coefficient (Wildman–Crippen LogP) is 4.23. The van der Waals surface area contributed by atoms with Gasteiger partial charge in [0.1, 0.15) is 18.1 Å². The van der Waals surface area contributed by atoms with Gasteiger partial charge in [-0.2, -0.15) is 0 Å². The largest absolute Gasteiger partial charge is 0.484 e. The van der Waals surface area contributed by atoms with Crippen LogP contribution in [0.3, 0.4) is 0 Å². The zero-order valence-electron chi connectivity index (χ0n) is 10.8. The van der Waals surface area contributed by atoms with Gasteiger partial charge < -0.3 is 14.9 Å². The van der Waals surface area contributed by atoms with Gasteiger partial charge >= 0.3 is 0 Å². The number of fused-ring (bicyclic) bond motifs is 1. The first kappa shape index (κ1) is 13.2. The highest BCUT2D eigenvalue weighted by atomic mass is 79.9. The second-order valence-corrected chi connectivity index (χ2v) is 5.31. The predicted molar refractivity (Wildman–Crippen MR) is 82.6 cm³/mol. The fraction of sp³-hybridized carbons (Fsp3) is 0.125. The van der Waals surface area contributed by atoms with Crippen molar-refractivity contribution in [1.82, 2.24) is 0 Å². The minimum absolute atomic E-state index is 0.386. The maximum atomic E-state index is 5.81. The van der Waals surface area contributed by atoms with Gasteiger partial charge in [-0.05, 0) is 38.8 Å². The van der Waals surface area contributed by atoms with Crippen LogP contribution in [0.1, 0.15) is 11.3 Å². The number of hydrogen-bond acceptors (Lipinski definition) is 3. The average Bonchev–Trinajstić information content (AvgIpc) is 2.95. The number of rotatable bonds is 4. The first-order valence-corrected chi connectivity index (χ1v) is 7.13. The van der Waals surface area contributed by atoms with Gasteiger partial charge in [0, 0.05) is 12.1 Å². The third-order valence-electron chi connectivity index (χ3n) is 3.14. The monoisotopic (exact) mass is 331 g/mol. The summed E-state index contributed by atoms with van der Waals surface area (Å²) in [6.07, 6.45) is 1.66. The summed E-state index contributed by atoms with van der Waals surface area (Å²) in [5.74, 6) is 1.57. The first-order chi connectivity index (χ1) is 9.78. The van der Waals surface area contributed by atoms with Crippen molar-refractivity contribution in [2.45, 2.75) is 13.2 Å². The number of hydrogen-bond donors (Lipinski definition) is 1. The van der Waals surface area contributed by atoms with Crippen LogP contribution < -0.4 is 10.5 Å². The summed E-state index contributed by atoms with van der Waals surface area (Å²) in [5.41, 5.74) is 6.52. The molecule has 0 aliphatic carbocycles. The summed E-state index contributed by atoms with van der Waals surface area (Å²) in [6.45, 7) is 0.861. The molecule has 0 spiro atoms. The lowest BCUT2D eigenvalue weighted by Gasteiger charge is -2.09. The Balaban J connectivity index is 1.82. The Kier molecular flexibility index (Phi) is 3.76. The summed E-state index contributed by atoms with van der Waals surface area (Å²) >= 11 is 3.60. The molecule has 3 rings (SSSR count). The van der Waals surface area contributed by atoms with Crippen molar-refractivity contribution in [2.75, 3.05) is 0 Å². The lowest BCUT2D eigenvalue weighted by atomic mass is 10.1. The van der Waals surface area contributed by atoms with Crippen molar-refractivity contribution < 1.29 is 9.15 Å². The van der Waals surface area contributed by atoms with E-state index in [0.29, 0.717) is 13.2 Å². The lowest BCUT2D eigenvalue weighted by molar-refractivity contribution is 0.269. The second kappa shape index (κ2) is 5.69. The molecule has 3 aromatic rings. The van der Waals surface area contributed by atoms with Crippen molar-refractivity contribution in [3.05, 3.63) is 64.5 Å². The normalized spacial score (nSPS) is 10.9. The van der Waals surface area contributed by atoms with Gasteiger partial charge in [-0.25, -0.2) is 0 Å². The molecule has 1 heterocycles. The molecular formula is C16H14BrNO2. The molecule has 1 aromatic heterocycles. The molecule has 0 amide bonds. The topological polar surface area (TPSA) is 48.4 Å². The molecule has 2 N–H and O–H groups in total. The quantitative estimate of drug-likeness (QED) is 0.778. The molecule has 2 aromatic carbocycles. The van der Waals surface area contributed by atoms with Crippen LogP contribution in [0.15, 0.2) is 57.6 Å². The summed E-state index contributed by atoms with van der Waals surface area (Å²) in [5, 5.41) is 2.31. The van der Waals surface area contributed by atoms with Gasteiger partial charge in [0.25, 0.3) is 0 Å². The van der Waals surface area contributed by atoms with Gasteiger partial charge in [0.15, 0.2) is 0 Å². The fourth-order valence-corrected chi connectivity index (χ4v) is 2.69. The van der Waals surface area contributed by atoms with E-state index < -0.39 is 0 Å². The Morgan fingerprint density at radius 2 is 2.00 bits per heavy atom. The fourth-order valence-electron chi connectivity index (χ4n) is 2.08. The molecule has 0 bridgehead atoms. The average molecular weight is 332 g/mol. The Morgan fingerprint density at radius 1 is 1.15 bits per heavy atom. The molecule has 0 aliphatic heterocycles. The Morgan fingerprint density at radius 3 is 2.80 bits per heavy atom. The highest BCUT2D eigenvalue weighted by molar-refractivity contribution is 9.10. The van der Waals surface area contributed by atoms with Crippen molar-refractivity contribution in [3.63, 3.8) is 0 Å². The minimum atomic E-state index is 0.386. The SMILES string of the molecule is NCc1coc(COc2ccc3ccccc3c2Br)c1. The van der Waals surface area contributed by atoms with Gasteiger partial charge in [-0.1, -0.05) is 30.3 Å². The molecule has 3 nitrogen and oxygen atoms in total. The van der Waals surface area contributed by atoms with E-state index in [4.69, 9.17) is 14.9 Å². The molecule has 20 heavy (non-hydrogen) atoms. The van der Waals surface area contributed by atoms with E-state index in [1.807, 2.05) is 30.3 Å². The van der Waals surface area contributed by atoms with Crippen molar-refractivity contribution >= 4 is 26.7 Å². The van der Waals surface area contributed by atoms with E-state index in [-0.39, 0.29) is 0 Å². The molecule has 0 saturated heterocycles. The van der Waals surface area contributed by atoms with Crippen molar-refractivity contribution in [3.8, 4) is 5.75 Å². The molecule has 0 radical (unpaired) electrons. The number of ether oxygens (including phenoxy) is 1. The first-order valence-electron chi connectivity index (χ1n) is 6.34. The summed E-state index contributed by atoms with van der Waals surface area (Å²) in [4.78, 5) is 0. The maximum absolute atomic E-state index is 5.81. The van der Waals surface area contributed by atoms with Crippen LogP contribution in [-0.4, -0.2) is 0 Å². The van der Waals surface area contributed by atoms with E-state index in [9.17, 15) is 0 Å². The van der Waals surface area contributed by atoms with E-state index in [1.165, 1.54) is 5.39 Å².